The van der Waals surface area contributed by atoms with Gasteiger partial charge in [0.25, 0.3) is 5.91 Å². The lowest BCUT2D eigenvalue weighted by Gasteiger charge is -2.15. The fourth-order valence-corrected chi connectivity index (χ4v) is 2.48. The van der Waals surface area contributed by atoms with Gasteiger partial charge in [0.15, 0.2) is 0 Å². The first-order valence-corrected chi connectivity index (χ1v) is 6.88. The monoisotopic (exact) mass is 287 g/mol. The van der Waals surface area contributed by atoms with Crippen molar-refractivity contribution in [1.29, 1.82) is 0 Å². The van der Waals surface area contributed by atoms with Crippen LogP contribution in [0, 0.1) is 13.8 Å². The first-order chi connectivity index (χ1) is 9.93. The summed E-state index contributed by atoms with van der Waals surface area (Å²) < 4.78 is 7.01. The first-order valence-electron chi connectivity index (χ1n) is 6.88. The van der Waals surface area contributed by atoms with Gasteiger partial charge in [-0.2, -0.15) is 5.10 Å². The van der Waals surface area contributed by atoms with E-state index in [2.05, 4.69) is 10.4 Å². The van der Waals surface area contributed by atoms with Crippen LogP contribution in [-0.2, 0) is 7.05 Å². The van der Waals surface area contributed by atoms with Gasteiger partial charge in [0.2, 0.25) is 0 Å². The molecule has 1 unspecified atom stereocenters. The van der Waals surface area contributed by atoms with Crippen LogP contribution in [0.15, 0.2) is 24.4 Å². The Morgan fingerprint density at radius 1 is 1.38 bits per heavy atom. The predicted molar refractivity (Wildman–Crippen MR) is 81.6 cm³/mol. The fraction of sp³-hybridized carbons (Fsp3) is 0.375. The van der Waals surface area contributed by atoms with Crippen molar-refractivity contribution >= 4 is 5.91 Å². The molecule has 1 amide bonds. The number of amides is 1. The number of rotatable bonds is 4. The lowest BCUT2D eigenvalue weighted by atomic mass is 10.1. The van der Waals surface area contributed by atoms with E-state index in [-0.39, 0.29) is 11.9 Å². The lowest BCUT2D eigenvalue weighted by Crippen LogP contribution is -2.27. The molecular weight excluding hydrogens is 266 g/mol. The van der Waals surface area contributed by atoms with Gasteiger partial charge < -0.3 is 10.1 Å². The summed E-state index contributed by atoms with van der Waals surface area (Å²) >= 11 is 0. The Balaban J connectivity index is 2.20. The third kappa shape index (κ3) is 3.07. The van der Waals surface area contributed by atoms with Crippen LogP contribution in [0.4, 0.5) is 0 Å². The number of aromatic nitrogens is 2. The molecule has 21 heavy (non-hydrogen) atoms. The molecule has 1 aromatic heterocycles. The minimum atomic E-state index is -0.109. The van der Waals surface area contributed by atoms with Crippen LogP contribution in [0.25, 0.3) is 0 Å². The summed E-state index contributed by atoms with van der Waals surface area (Å²) in [7, 11) is 3.48. The van der Waals surface area contributed by atoms with E-state index in [9.17, 15) is 4.79 Å². The maximum atomic E-state index is 12.4. The van der Waals surface area contributed by atoms with Crippen LogP contribution in [0.2, 0.25) is 0 Å². The number of nitrogens with zero attached hydrogens (tertiary/aromatic N) is 2. The van der Waals surface area contributed by atoms with Gasteiger partial charge >= 0.3 is 0 Å². The number of ether oxygens (including phenoxy) is 1. The highest BCUT2D eigenvalue weighted by molar-refractivity contribution is 5.96. The van der Waals surface area contributed by atoms with E-state index < -0.39 is 0 Å². The molecule has 2 aromatic rings. The highest BCUT2D eigenvalue weighted by atomic mass is 16.5. The van der Waals surface area contributed by atoms with Crippen molar-refractivity contribution < 1.29 is 9.53 Å². The molecule has 1 N–H and O–H groups in total. The Hall–Kier alpha value is -2.30. The third-order valence-corrected chi connectivity index (χ3v) is 3.61. The molecule has 0 spiro atoms. The molecule has 0 aliphatic heterocycles. The second-order valence-electron chi connectivity index (χ2n) is 5.17. The average Bonchev–Trinajstić information content (AvgIpc) is 2.78. The van der Waals surface area contributed by atoms with E-state index in [1.807, 2.05) is 46.1 Å². The molecule has 0 bridgehead atoms. The first kappa shape index (κ1) is 15.1. The number of nitrogens with one attached hydrogen (secondary N) is 1. The molecular formula is C16H21N3O2. The highest BCUT2D eigenvalue weighted by Crippen LogP contribution is 2.22. The SMILES string of the molecule is COc1cccc(C(=O)NC(C)c2cn(C)nc2C)c1C. The van der Waals surface area contributed by atoms with Crippen LogP contribution < -0.4 is 10.1 Å². The van der Waals surface area contributed by atoms with Crippen molar-refractivity contribution in [3.63, 3.8) is 0 Å². The summed E-state index contributed by atoms with van der Waals surface area (Å²) in [5, 5.41) is 7.31. The van der Waals surface area contributed by atoms with Gasteiger partial charge in [0.05, 0.1) is 18.8 Å². The van der Waals surface area contributed by atoms with Gasteiger partial charge in [0.1, 0.15) is 5.75 Å². The Morgan fingerprint density at radius 3 is 2.67 bits per heavy atom. The van der Waals surface area contributed by atoms with Gasteiger partial charge in [-0.15, -0.1) is 0 Å². The van der Waals surface area contributed by atoms with Crippen molar-refractivity contribution in [1.82, 2.24) is 15.1 Å². The van der Waals surface area contributed by atoms with Crippen LogP contribution >= 0.6 is 0 Å². The zero-order chi connectivity index (χ0) is 15.6. The number of hydrogen-bond donors (Lipinski definition) is 1. The van der Waals surface area contributed by atoms with Crippen molar-refractivity contribution in [2.75, 3.05) is 7.11 Å². The molecule has 112 valence electrons. The smallest absolute Gasteiger partial charge is 0.252 e. The second kappa shape index (κ2) is 5.99. The largest absolute Gasteiger partial charge is 0.496 e. The lowest BCUT2D eigenvalue weighted by molar-refractivity contribution is 0.0939. The van der Waals surface area contributed by atoms with Crippen LogP contribution in [-0.4, -0.2) is 22.8 Å². The minimum absolute atomic E-state index is 0.100. The second-order valence-corrected chi connectivity index (χ2v) is 5.17. The van der Waals surface area contributed by atoms with E-state index >= 15 is 0 Å². The highest BCUT2D eigenvalue weighted by Gasteiger charge is 2.17. The Labute approximate surface area is 124 Å². The van der Waals surface area contributed by atoms with E-state index in [1.54, 1.807) is 17.9 Å². The number of carbonyl (C=O) groups excluding carboxylic acids is 1. The number of aryl methyl sites for hydroxylation is 2. The number of benzene rings is 1. The molecule has 1 aromatic carbocycles. The molecule has 0 aliphatic rings. The molecule has 5 heteroatoms. The van der Waals surface area contributed by atoms with Crippen LogP contribution in [0.5, 0.6) is 5.75 Å². The van der Waals surface area contributed by atoms with E-state index in [4.69, 9.17) is 4.74 Å². The summed E-state index contributed by atoms with van der Waals surface area (Å²) in [5.74, 6) is 0.606. The summed E-state index contributed by atoms with van der Waals surface area (Å²) in [6, 6.07) is 5.37. The Bertz CT molecular complexity index is 662. The van der Waals surface area contributed by atoms with Crippen molar-refractivity contribution in [3.05, 3.63) is 46.8 Å². The topological polar surface area (TPSA) is 56.1 Å². The Morgan fingerprint density at radius 2 is 2.10 bits per heavy atom. The van der Waals surface area contributed by atoms with Crippen LogP contribution in [0.1, 0.15) is 40.1 Å². The number of carbonyl (C=O) groups is 1. The Kier molecular flexibility index (Phi) is 4.31. The van der Waals surface area contributed by atoms with Crippen molar-refractivity contribution in [2.24, 2.45) is 7.05 Å². The molecule has 0 radical (unpaired) electrons. The van der Waals surface area contributed by atoms with Gasteiger partial charge in [-0.3, -0.25) is 9.48 Å². The standard InChI is InChI=1S/C16H21N3O2/c1-10-13(7-6-8-15(10)21-5)16(20)17-11(2)14-9-19(4)18-12(14)3/h6-9,11H,1-5H3,(H,17,20). The third-order valence-electron chi connectivity index (χ3n) is 3.61. The van der Waals surface area contributed by atoms with Crippen molar-refractivity contribution in [2.45, 2.75) is 26.8 Å². The van der Waals surface area contributed by atoms with Gasteiger partial charge in [0, 0.05) is 29.9 Å². The fourth-order valence-electron chi connectivity index (χ4n) is 2.48. The minimum Gasteiger partial charge on any atom is -0.496 e. The van der Waals surface area contributed by atoms with Crippen LogP contribution in [0.3, 0.4) is 0 Å². The molecule has 1 heterocycles. The predicted octanol–water partition coefficient (Wildman–Crippen LogP) is 2.54. The molecule has 0 aliphatic carbocycles. The summed E-state index contributed by atoms with van der Waals surface area (Å²) in [6.07, 6.45) is 1.93. The zero-order valence-corrected chi connectivity index (χ0v) is 13.1. The maximum absolute atomic E-state index is 12.4. The average molecular weight is 287 g/mol. The molecule has 0 saturated carbocycles. The molecule has 2 rings (SSSR count). The number of hydrogen-bond acceptors (Lipinski definition) is 3. The molecule has 0 saturated heterocycles. The van der Waals surface area contributed by atoms with Gasteiger partial charge in [-0.25, -0.2) is 0 Å². The normalized spacial score (nSPS) is 12.0. The molecule has 5 nitrogen and oxygen atoms in total. The molecule has 0 fully saturated rings. The van der Waals surface area contributed by atoms with Gasteiger partial charge in [-0.05, 0) is 32.9 Å². The molecule has 1 atom stereocenters. The maximum Gasteiger partial charge on any atom is 0.252 e. The van der Waals surface area contributed by atoms with E-state index in [0.717, 1.165) is 16.8 Å². The van der Waals surface area contributed by atoms with Gasteiger partial charge in [-0.1, -0.05) is 6.07 Å². The quantitative estimate of drug-likeness (QED) is 0.940. The number of methoxy groups -OCH3 is 1. The van der Waals surface area contributed by atoms with E-state index in [0.29, 0.717) is 11.3 Å². The summed E-state index contributed by atoms with van der Waals surface area (Å²) in [4.78, 5) is 12.4. The summed E-state index contributed by atoms with van der Waals surface area (Å²) in [6.45, 7) is 5.78. The van der Waals surface area contributed by atoms with E-state index in [1.165, 1.54) is 0 Å². The zero-order valence-electron chi connectivity index (χ0n) is 13.1. The summed E-state index contributed by atoms with van der Waals surface area (Å²) in [5.41, 5.74) is 3.41. The van der Waals surface area contributed by atoms with Crippen molar-refractivity contribution in [3.8, 4) is 5.75 Å².